The standard InChI is InChI=1S/C25H27ClFN3O2/c1-16-14-29(15-28-16)22-11-8-19(13-23(22)32-3)24(26)21-5-4-12-30(25(21)31)17(2)18-6-9-20(27)10-7-18/h6-11,13-15,17,21,24H,4-5,12H2,1-3H3/t17-,21?,24?/m0/s1. The Bertz CT molecular complexity index is 1100. The van der Waals surface area contributed by atoms with E-state index < -0.39 is 5.38 Å². The molecule has 7 heteroatoms. The van der Waals surface area contributed by atoms with E-state index in [-0.39, 0.29) is 23.7 Å². The summed E-state index contributed by atoms with van der Waals surface area (Å²) < 4.78 is 20.8. The van der Waals surface area contributed by atoms with Crippen LogP contribution in [0.5, 0.6) is 5.75 Å². The Morgan fingerprint density at radius 2 is 1.91 bits per heavy atom. The Balaban J connectivity index is 1.56. The summed E-state index contributed by atoms with van der Waals surface area (Å²) in [6, 6.07) is 12.0. The van der Waals surface area contributed by atoms with Gasteiger partial charge in [0.2, 0.25) is 5.91 Å². The van der Waals surface area contributed by atoms with E-state index in [0.717, 1.165) is 35.3 Å². The lowest BCUT2D eigenvalue weighted by Gasteiger charge is -2.38. The van der Waals surface area contributed by atoms with E-state index in [2.05, 4.69) is 4.98 Å². The molecule has 3 aromatic rings. The fourth-order valence-corrected chi connectivity index (χ4v) is 4.74. The zero-order chi connectivity index (χ0) is 22.8. The van der Waals surface area contributed by atoms with Gasteiger partial charge in [0.15, 0.2) is 0 Å². The molecule has 2 heterocycles. The number of hydrogen-bond donors (Lipinski definition) is 0. The van der Waals surface area contributed by atoms with Gasteiger partial charge >= 0.3 is 0 Å². The zero-order valence-electron chi connectivity index (χ0n) is 18.5. The summed E-state index contributed by atoms with van der Waals surface area (Å²) in [5.41, 5.74) is 3.53. The number of methoxy groups -OCH3 is 1. The van der Waals surface area contributed by atoms with Crippen molar-refractivity contribution >= 4 is 17.5 Å². The summed E-state index contributed by atoms with van der Waals surface area (Å²) in [6.45, 7) is 4.57. The highest BCUT2D eigenvalue weighted by Gasteiger charge is 2.37. The van der Waals surface area contributed by atoms with Gasteiger partial charge in [-0.3, -0.25) is 4.79 Å². The normalized spacial score (nSPS) is 18.5. The minimum Gasteiger partial charge on any atom is -0.495 e. The summed E-state index contributed by atoms with van der Waals surface area (Å²) in [7, 11) is 1.62. The van der Waals surface area contributed by atoms with Crippen molar-refractivity contribution in [2.45, 2.75) is 38.1 Å². The minimum absolute atomic E-state index is 0.0290. The second kappa shape index (κ2) is 9.33. The highest BCUT2D eigenvalue weighted by molar-refractivity contribution is 6.22. The number of amides is 1. The molecular weight excluding hydrogens is 429 g/mol. The van der Waals surface area contributed by atoms with Crippen molar-refractivity contribution in [1.82, 2.24) is 14.5 Å². The molecule has 1 amide bonds. The fraction of sp³-hybridized carbons (Fsp3) is 0.360. The molecule has 0 N–H and O–H groups in total. The van der Waals surface area contributed by atoms with Gasteiger partial charge in [-0.05, 0) is 62.1 Å². The van der Waals surface area contributed by atoms with Gasteiger partial charge in [0.1, 0.15) is 11.6 Å². The number of ether oxygens (including phenoxy) is 1. The topological polar surface area (TPSA) is 47.4 Å². The van der Waals surface area contributed by atoms with Crippen LogP contribution in [0, 0.1) is 18.7 Å². The minimum atomic E-state index is -0.474. The number of halogens is 2. The molecule has 5 nitrogen and oxygen atoms in total. The molecule has 0 spiro atoms. The second-order valence-corrected chi connectivity index (χ2v) is 8.73. The Morgan fingerprint density at radius 1 is 1.19 bits per heavy atom. The molecule has 0 aliphatic carbocycles. The number of rotatable bonds is 6. The molecule has 0 bridgehead atoms. The molecule has 1 saturated heterocycles. The molecular formula is C25H27ClFN3O2. The first-order valence-electron chi connectivity index (χ1n) is 10.8. The summed E-state index contributed by atoms with van der Waals surface area (Å²) in [6.07, 6.45) is 5.26. The Kier molecular flexibility index (Phi) is 6.51. The van der Waals surface area contributed by atoms with E-state index in [1.54, 1.807) is 25.6 Å². The van der Waals surface area contributed by atoms with Crippen LogP contribution in [0.2, 0.25) is 0 Å². The number of likely N-dealkylation sites (tertiary alicyclic amines) is 1. The van der Waals surface area contributed by atoms with Crippen LogP contribution in [-0.2, 0) is 4.79 Å². The SMILES string of the molecule is COc1cc(C(Cl)C2CCCN([C@@H](C)c3ccc(F)cc3)C2=O)ccc1-n1cnc(C)c1. The summed E-state index contributed by atoms with van der Waals surface area (Å²) in [5.74, 6) is 0.0823. The maximum absolute atomic E-state index is 13.4. The largest absolute Gasteiger partial charge is 0.495 e. The number of nitrogens with zero attached hydrogens (tertiary/aromatic N) is 3. The lowest BCUT2D eigenvalue weighted by molar-refractivity contribution is -0.141. The molecule has 2 aromatic carbocycles. The first-order chi connectivity index (χ1) is 15.4. The maximum Gasteiger partial charge on any atom is 0.228 e. The number of benzene rings is 2. The molecule has 4 rings (SSSR count). The molecule has 1 aromatic heterocycles. The van der Waals surface area contributed by atoms with E-state index >= 15 is 0 Å². The second-order valence-electron chi connectivity index (χ2n) is 8.26. The van der Waals surface area contributed by atoms with Gasteiger partial charge in [0.25, 0.3) is 0 Å². The third-order valence-corrected chi connectivity index (χ3v) is 6.76. The lowest BCUT2D eigenvalue weighted by atomic mass is 9.88. The van der Waals surface area contributed by atoms with Crippen LogP contribution >= 0.6 is 11.6 Å². The van der Waals surface area contributed by atoms with Gasteiger partial charge in [0, 0.05) is 12.7 Å². The third-order valence-electron chi connectivity index (χ3n) is 6.20. The third kappa shape index (κ3) is 4.37. The maximum atomic E-state index is 13.4. The van der Waals surface area contributed by atoms with Crippen LogP contribution in [0.4, 0.5) is 4.39 Å². The first kappa shape index (κ1) is 22.3. The van der Waals surface area contributed by atoms with Crippen molar-refractivity contribution in [1.29, 1.82) is 0 Å². The van der Waals surface area contributed by atoms with E-state index in [0.29, 0.717) is 12.3 Å². The van der Waals surface area contributed by atoms with E-state index in [4.69, 9.17) is 16.3 Å². The van der Waals surface area contributed by atoms with Crippen molar-refractivity contribution in [3.8, 4) is 11.4 Å². The molecule has 32 heavy (non-hydrogen) atoms. The van der Waals surface area contributed by atoms with Gasteiger partial charge in [0.05, 0.1) is 42.2 Å². The van der Waals surface area contributed by atoms with Crippen LogP contribution in [0.25, 0.3) is 5.69 Å². The number of imidazole rings is 1. The smallest absolute Gasteiger partial charge is 0.228 e. The van der Waals surface area contributed by atoms with Gasteiger partial charge in [-0.1, -0.05) is 18.2 Å². The van der Waals surface area contributed by atoms with Crippen LogP contribution in [0.3, 0.4) is 0 Å². The molecule has 1 aliphatic rings. The van der Waals surface area contributed by atoms with Crippen molar-refractivity contribution in [3.05, 3.63) is 77.6 Å². The van der Waals surface area contributed by atoms with Crippen molar-refractivity contribution in [2.75, 3.05) is 13.7 Å². The summed E-state index contributed by atoms with van der Waals surface area (Å²) in [4.78, 5) is 19.5. The molecule has 0 radical (unpaired) electrons. The molecule has 0 saturated carbocycles. The lowest BCUT2D eigenvalue weighted by Crippen LogP contribution is -2.43. The number of alkyl halides is 1. The van der Waals surface area contributed by atoms with Gasteiger partial charge in [-0.25, -0.2) is 9.37 Å². The van der Waals surface area contributed by atoms with Gasteiger partial charge in [-0.2, -0.15) is 0 Å². The van der Waals surface area contributed by atoms with Crippen LogP contribution in [0.1, 0.15) is 48.0 Å². The van der Waals surface area contributed by atoms with E-state index in [1.165, 1.54) is 12.1 Å². The van der Waals surface area contributed by atoms with Crippen LogP contribution in [0.15, 0.2) is 55.0 Å². The fourth-order valence-electron chi connectivity index (χ4n) is 4.37. The van der Waals surface area contributed by atoms with Crippen LogP contribution < -0.4 is 4.74 Å². The zero-order valence-corrected chi connectivity index (χ0v) is 19.2. The van der Waals surface area contributed by atoms with Gasteiger partial charge < -0.3 is 14.2 Å². The van der Waals surface area contributed by atoms with Crippen molar-refractivity contribution < 1.29 is 13.9 Å². The van der Waals surface area contributed by atoms with Crippen molar-refractivity contribution in [2.24, 2.45) is 5.92 Å². The van der Waals surface area contributed by atoms with E-state index in [9.17, 15) is 9.18 Å². The highest BCUT2D eigenvalue weighted by Crippen LogP contribution is 2.40. The average Bonchev–Trinajstić information content (AvgIpc) is 3.24. The number of carbonyl (C=O) groups is 1. The number of hydrogen-bond acceptors (Lipinski definition) is 3. The molecule has 2 unspecified atom stereocenters. The Hall–Kier alpha value is -2.86. The number of aryl methyl sites for hydroxylation is 1. The van der Waals surface area contributed by atoms with Crippen LogP contribution in [-0.4, -0.2) is 34.0 Å². The Morgan fingerprint density at radius 3 is 2.56 bits per heavy atom. The predicted molar refractivity (Wildman–Crippen MR) is 123 cm³/mol. The highest BCUT2D eigenvalue weighted by atomic mass is 35.5. The van der Waals surface area contributed by atoms with Gasteiger partial charge in [-0.15, -0.1) is 11.6 Å². The number of aromatic nitrogens is 2. The van der Waals surface area contributed by atoms with E-state index in [1.807, 2.05) is 47.7 Å². The molecule has 3 atom stereocenters. The number of piperidine rings is 1. The van der Waals surface area contributed by atoms with Crippen molar-refractivity contribution in [3.63, 3.8) is 0 Å². The number of carbonyl (C=O) groups excluding carboxylic acids is 1. The molecule has 1 aliphatic heterocycles. The summed E-state index contributed by atoms with van der Waals surface area (Å²) in [5, 5.41) is -0.474. The molecule has 168 valence electrons. The average molecular weight is 456 g/mol. The molecule has 1 fully saturated rings. The first-order valence-corrected chi connectivity index (χ1v) is 11.2. The summed E-state index contributed by atoms with van der Waals surface area (Å²) >= 11 is 6.88. The monoisotopic (exact) mass is 455 g/mol. The predicted octanol–water partition coefficient (Wildman–Crippen LogP) is 5.61. The Labute approximate surface area is 192 Å². The quantitative estimate of drug-likeness (QED) is 0.454.